The van der Waals surface area contributed by atoms with Crippen molar-refractivity contribution in [2.45, 2.75) is 18.4 Å². The van der Waals surface area contributed by atoms with Gasteiger partial charge in [-0.2, -0.15) is 0 Å². The predicted molar refractivity (Wildman–Crippen MR) is 89.1 cm³/mol. The van der Waals surface area contributed by atoms with Crippen molar-refractivity contribution in [3.8, 4) is 11.5 Å². The Morgan fingerprint density at radius 3 is 2.68 bits per heavy atom. The lowest BCUT2D eigenvalue weighted by atomic mass is 10.1. The summed E-state index contributed by atoms with van der Waals surface area (Å²) in [7, 11) is -2.53. The van der Waals surface area contributed by atoms with Crippen LogP contribution in [0.2, 0.25) is 0 Å². The van der Waals surface area contributed by atoms with E-state index < -0.39 is 16.0 Å². The number of ether oxygens (including phenoxy) is 3. The van der Waals surface area contributed by atoms with Crippen molar-refractivity contribution >= 4 is 16.0 Å². The number of esters is 1. The molecular formula is C17H17NO6S. The van der Waals surface area contributed by atoms with Gasteiger partial charge in [-0.3, -0.25) is 0 Å². The first kappa shape index (κ1) is 17.2. The predicted octanol–water partition coefficient (Wildman–Crippen LogP) is 1.99. The molecule has 0 aliphatic carbocycles. The molecule has 0 spiro atoms. The van der Waals surface area contributed by atoms with Crippen LogP contribution < -0.4 is 14.2 Å². The molecule has 1 aliphatic heterocycles. The van der Waals surface area contributed by atoms with Crippen LogP contribution in [0.3, 0.4) is 0 Å². The number of aryl methyl sites for hydroxylation is 1. The molecule has 0 amide bonds. The maximum atomic E-state index is 12.5. The van der Waals surface area contributed by atoms with E-state index in [2.05, 4.69) is 9.46 Å². The van der Waals surface area contributed by atoms with E-state index in [0.717, 1.165) is 5.56 Å². The molecule has 25 heavy (non-hydrogen) atoms. The number of sulfonamides is 1. The molecule has 2 aromatic carbocycles. The van der Waals surface area contributed by atoms with Crippen LogP contribution >= 0.6 is 0 Å². The van der Waals surface area contributed by atoms with E-state index in [-0.39, 0.29) is 23.8 Å². The van der Waals surface area contributed by atoms with E-state index >= 15 is 0 Å². The zero-order valence-corrected chi connectivity index (χ0v) is 14.6. The van der Waals surface area contributed by atoms with Crippen LogP contribution in [0.4, 0.5) is 0 Å². The molecule has 2 aromatic rings. The first-order valence-electron chi connectivity index (χ1n) is 7.48. The highest BCUT2D eigenvalue weighted by Gasteiger charge is 2.19. The van der Waals surface area contributed by atoms with Gasteiger partial charge < -0.3 is 14.2 Å². The minimum absolute atomic E-state index is 0.000701. The Labute approximate surface area is 145 Å². The van der Waals surface area contributed by atoms with Gasteiger partial charge in [0.2, 0.25) is 16.8 Å². The summed E-state index contributed by atoms with van der Waals surface area (Å²) in [6.45, 7) is 1.95. The number of hydrogen-bond donors (Lipinski definition) is 1. The molecule has 1 aliphatic rings. The standard InChI is InChI=1S/C17H17NO6S/c1-11-3-5-13(8-14(11)17(19)22-2)25(20,21)18-9-12-4-6-15-16(7-12)24-10-23-15/h3-8,18H,9-10H2,1-2H3. The van der Waals surface area contributed by atoms with Crippen molar-refractivity contribution in [2.24, 2.45) is 0 Å². The molecule has 0 unspecified atom stereocenters. The number of hydrogen-bond acceptors (Lipinski definition) is 6. The van der Waals surface area contributed by atoms with E-state index in [0.29, 0.717) is 17.1 Å². The fourth-order valence-corrected chi connectivity index (χ4v) is 3.45. The zero-order chi connectivity index (χ0) is 18.0. The average Bonchev–Trinajstić information content (AvgIpc) is 3.07. The summed E-state index contributed by atoms with van der Waals surface area (Å²) in [6.07, 6.45) is 0. The summed E-state index contributed by atoms with van der Waals surface area (Å²) >= 11 is 0. The lowest BCUT2D eigenvalue weighted by Crippen LogP contribution is -2.23. The second-order valence-corrected chi connectivity index (χ2v) is 7.25. The van der Waals surface area contributed by atoms with Gasteiger partial charge in [-0.05, 0) is 42.3 Å². The van der Waals surface area contributed by atoms with Crippen molar-refractivity contribution in [3.63, 3.8) is 0 Å². The number of methoxy groups -OCH3 is 1. The van der Waals surface area contributed by atoms with Crippen LogP contribution in [-0.2, 0) is 21.3 Å². The second-order valence-electron chi connectivity index (χ2n) is 5.48. The minimum atomic E-state index is -3.78. The van der Waals surface area contributed by atoms with E-state index in [1.807, 2.05) is 0 Å². The Hall–Kier alpha value is -2.58. The zero-order valence-electron chi connectivity index (χ0n) is 13.7. The summed E-state index contributed by atoms with van der Waals surface area (Å²) in [6, 6.07) is 9.53. The van der Waals surface area contributed by atoms with Gasteiger partial charge in [-0.15, -0.1) is 0 Å². The van der Waals surface area contributed by atoms with E-state index in [1.54, 1.807) is 31.2 Å². The Kier molecular flexibility index (Phi) is 4.65. The van der Waals surface area contributed by atoms with E-state index in [4.69, 9.17) is 9.47 Å². The first-order chi connectivity index (χ1) is 11.9. The Morgan fingerprint density at radius 2 is 1.92 bits per heavy atom. The van der Waals surface area contributed by atoms with Crippen molar-refractivity contribution in [1.82, 2.24) is 4.72 Å². The number of nitrogens with one attached hydrogen (secondary N) is 1. The Morgan fingerprint density at radius 1 is 1.16 bits per heavy atom. The molecule has 0 aromatic heterocycles. The number of carbonyl (C=O) groups excluding carboxylic acids is 1. The SMILES string of the molecule is COC(=O)c1cc(S(=O)(=O)NCc2ccc3c(c2)OCO3)ccc1C. The van der Waals surface area contributed by atoms with E-state index in [9.17, 15) is 13.2 Å². The highest BCUT2D eigenvalue weighted by atomic mass is 32.2. The van der Waals surface area contributed by atoms with Crippen LogP contribution in [0.25, 0.3) is 0 Å². The maximum absolute atomic E-state index is 12.5. The van der Waals surface area contributed by atoms with Crippen LogP contribution in [0.1, 0.15) is 21.5 Å². The number of fused-ring (bicyclic) bond motifs is 1. The van der Waals surface area contributed by atoms with Gasteiger partial charge >= 0.3 is 5.97 Å². The molecule has 1 heterocycles. The molecular weight excluding hydrogens is 346 g/mol. The molecule has 0 bridgehead atoms. The number of rotatable bonds is 5. The van der Waals surface area contributed by atoms with Crippen molar-refractivity contribution < 1.29 is 27.4 Å². The highest BCUT2D eigenvalue weighted by Crippen LogP contribution is 2.32. The van der Waals surface area contributed by atoms with Gasteiger partial charge in [-0.1, -0.05) is 12.1 Å². The van der Waals surface area contributed by atoms with Gasteiger partial charge in [0.1, 0.15) is 0 Å². The molecule has 0 fully saturated rings. The van der Waals surface area contributed by atoms with Crippen molar-refractivity contribution in [2.75, 3.05) is 13.9 Å². The third kappa shape index (κ3) is 3.59. The topological polar surface area (TPSA) is 90.9 Å². The normalized spacial score (nSPS) is 12.9. The smallest absolute Gasteiger partial charge is 0.338 e. The monoisotopic (exact) mass is 363 g/mol. The fraction of sp³-hybridized carbons (Fsp3) is 0.235. The second kappa shape index (κ2) is 6.73. The third-order valence-electron chi connectivity index (χ3n) is 3.83. The molecule has 3 rings (SSSR count). The van der Waals surface area contributed by atoms with Crippen LogP contribution in [0.5, 0.6) is 11.5 Å². The molecule has 8 heteroatoms. The average molecular weight is 363 g/mol. The van der Waals surface area contributed by atoms with E-state index in [1.165, 1.54) is 19.2 Å². The van der Waals surface area contributed by atoms with Gasteiger partial charge in [0, 0.05) is 6.54 Å². The van der Waals surface area contributed by atoms with Gasteiger partial charge in [0.05, 0.1) is 17.6 Å². The van der Waals surface area contributed by atoms with Crippen molar-refractivity contribution in [1.29, 1.82) is 0 Å². The summed E-state index contributed by atoms with van der Waals surface area (Å²) in [4.78, 5) is 11.7. The minimum Gasteiger partial charge on any atom is -0.465 e. The summed E-state index contributed by atoms with van der Waals surface area (Å²) < 4.78 is 42.7. The molecule has 0 saturated carbocycles. The molecule has 0 radical (unpaired) electrons. The molecule has 0 saturated heterocycles. The molecule has 0 atom stereocenters. The quantitative estimate of drug-likeness (QED) is 0.817. The largest absolute Gasteiger partial charge is 0.465 e. The molecule has 7 nitrogen and oxygen atoms in total. The van der Waals surface area contributed by atoms with Crippen LogP contribution in [0.15, 0.2) is 41.3 Å². The van der Waals surface area contributed by atoms with Crippen molar-refractivity contribution in [3.05, 3.63) is 53.1 Å². The summed E-state index contributed by atoms with van der Waals surface area (Å²) in [5.41, 5.74) is 1.59. The number of benzene rings is 2. The maximum Gasteiger partial charge on any atom is 0.338 e. The lowest BCUT2D eigenvalue weighted by molar-refractivity contribution is 0.0599. The lowest BCUT2D eigenvalue weighted by Gasteiger charge is -2.10. The number of carbonyl (C=O) groups is 1. The van der Waals surface area contributed by atoms with Gasteiger partial charge in [-0.25, -0.2) is 17.9 Å². The van der Waals surface area contributed by atoms with Gasteiger partial charge in [0.15, 0.2) is 11.5 Å². The highest BCUT2D eigenvalue weighted by molar-refractivity contribution is 7.89. The van der Waals surface area contributed by atoms with Gasteiger partial charge in [0.25, 0.3) is 0 Å². The Bertz CT molecular complexity index is 923. The van der Waals surface area contributed by atoms with Crippen LogP contribution in [0, 0.1) is 6.92 Å². The first-order valence-corrected chi connectivity index (χ1v) is 8.96. The fourth-order valence-electron chi connectivity index (χ4n) is 2.41. The summed E-state index contributed by atoms with van der Waals surface area (Å²) in [5, 5.41) is 0. The summed E-state index contributed by atoms with van der Waals surface area (Å²) in [5.74, 6) is 0.637. The molecule has 1 N–H and O–H groups in total. The Balaban J connectivity index is 1.79. The third-order valence-corrected chi connectivity index (χ3v) is 5.23. The van der Waals surface area contributed by atoms with Crippen LogP contribution in [-0.4, -0.2) is 28.3 Å². The molecule has 132 valence electrons.